The van der Waals surface area contributed by atoms with Crippen LogP contribution in [0.5, 0.6) is 0 Å². The van der Waals surface area contributed by atoms with E-state index in [0.29, 0.717) is 0 Å². The molecule has 0 saturated heterocycles. The Morgan fingerprint density at radius 3 is 2.85 bits per heavy atom. The Balaban J connectivity index is 2.47. The van der Waals surface area contributed by atoms with Crippen molar-refractivity contribution in [3.8, 4) is 0 Å². The van der Waals surface area contributed by atoms with E-state index in [9.17, 15) is 0 Å². The molecule has 1 aliphatic rings. The zero-order valence-corrected chi connectivity index (χ0v) is 8.11. The van der Waals surface area contributed by atoms with E-state index in [4.69, 9.17) is 19.4 Å². The highest BCUT2D eigenvalue weighted by Crippen LogP contribution is 2.12. The second kappa shape index (κ2) is 3.83. The van der Waals surface area contributed by atoms with Crippen LogP contribution in [0.3, 0.4) is 0 Å². The van der Waals surface area contributed by atoms with Crippen LogP contribution in [-0.4, -0.2) is 36.1 Å². The van der Waals surface area contributed by atoms with E-state index < -0.39 is 0 Å². The van der Waals surface area contributed by atoms with Gasteiger partial charge >= 0.3 is 6.08 Å². The molecule has 0 fully saturated rings. The largest absolute Gasteiger partial charge is 0.443 e. The van der Waals surface area contributed by atoms with Crippen LogP contribution in [0.15, 0.2) is 5.16 Å². The molecule has 0 aromatic rings. The van der Waals surface area contributed by atoms with E-state index in [1.807, 2.05) is 20.8 Å². The molecular weight excluding hydrogens is 174 g/mol. The van der Waals surface area contributed by atoms with Crippen molar-refractivity contribution in [2.24, 2.45) is 5.16 Å². The van der Waals surface area contributed by atoms with Gasteiger partial charge in [-0.3, -0.25) is 0 Å². The summed E-state index contributed by atoms with van der Waals surface area (Å²) in [5, 5.41) is 12.4. The maximum atomic E-state index is 8.79. The Bertz CT molecular complexity index is 197. The van der Waals surface area contributed by atoms with E-state index in [1.165, 1.54) is 0 Å². The van der Waals surface area contributed by atoms with Gasteiger partial charge in [0, 0.05) is 0 Å². The van der Waals surface area contributed by atoms with Gasteiger partial charge in [-0.25, -0.2) is 0 Å². The first-order valence-corrected chi connectivity index (χ1v) is 4.18. The highest BCUT2D eigenvalue weighted by Gasteiger charge is 2.24. The fraction of sp³-hybridized carbons (Fsp3) is 0.875. The molecule has 1 atom stereocenters. The van der Waals surface area contributed by atoms with Gasteiger partial charge in [0.1, 0.15) is 5.60 Å². The maximum Gasteiger partial charge on any atom is 0.423 e. The molecule has 1 unspecified atom stereocenters. The number of rotatable bonds is 1. The molecule has 0 bridgehead atoms. The topological polar surface area (TPSA) is 60.3 Å². The molecule has 5 heteroatoms. The van der Waals surface area contributed by atoms with Gasteiger partial charge in [0.05, 0.1) is 6.61 Å². The minimum Gasteiger partial charge on any atom is -0.443 e. The molecule has 0 spiro atoms. The summed E-state index contributed by atoms with van der Waals surface area (Å²) in [7, 11) is 0. The number of aliphatic hydroxyl groups is 1. The fourth-order valence-electron chi connectivity index (χ4n) is 0.766. The lowest BCUT2D eigenvalue weighted by Crippen LogP contribution is -2.35. The summed E-state index contributed by atoms with van der Waals surface area (Å²) in [6.45, 7) is 5.78. The molecule has 0 aromatic heterocycles. The number of oxime groups is 1. The lowest BCUT2D eigenvalue weighted by atomic mass is 10.2. The molecule has 5 nitrogen and oxygen atoms in total. The molecule has 0 radical (unpaired) electrons. The second-order valence-electron chi connectivity index (χ2n) is 3.79. The van der Waals surface area contributed by atoms with E-state index in [-0.39, 0.29) is 31.0 Å². The highest BCUT2D eigenvalue weighted by molar-refractivity contribution is 5.67. The van der Waals surface area contributed by atoms with Crippen LogP contribution in [0.2, 0.25) is 0 Å². The maximum absolute atomic E-state index is 8.79. The summed E-state index contributed by atoms with van der Waals surface area (Å²) >= 11 is 0. The van der Waals surface area contributed by atoms with Crippen LogP contribution >= 0.6 is 0 Å². The molecule has 0 aliphatic carbocycles. The zero-order valence-electron chi connectivity index (χ0n) is 8.11. The van der Waals surface area contributed by atoms with Gasteiger partial charge in [0.2, 0.25) is 0 Å². The summed E-state index contributed by atoms with van der Waals surface area (Å²) < 4.78 is 10.5. The standard InChI is InChI=1S/C8H15NO4/c1-8(2,3)13-7-9-11-5-6(4-10)12-7/h6,10H,4-5H2,1-3H3. The minimum absolute atomic E-state index is 0.0813. The summed E-state index contributed by atoms with van der Waals surface area (Å²) in [4.78, 5) is 4.81. The van der Waals surface area contributed by atoms with Crippen LogP contribution in [0, 0.1) is 0 Å². The first-order valence-electron chi connectivity index (χ1n) is 4.18. The average Bonchev–Trinajstić information content (AvgIpc) is 2.01. The van der Waals surface area contributed by atoms with Crippen molar-refractivity contribution in [3.05, 3.63) is 0 Å². The van der Waals surface area contributed by atoms with Crippen LogP contribution in [0.1, 0.15) is 20.8 Å². The molecule has 1 heterocycles. The van der Waals surface area contributed by atoms with Crippen molar-refractivity contribution in [3.63, 3.8) is 0 Å². The first-order chi connectivity index (χ1) is 6.01. The lowest BCUT2D eigenvalue weighted by molar-refractivity contribution is -0.0633. The van der Waals surface area contributed by atoms with Crippen molar-refractivity contribution < 1.29 is 19.4 Å². The SMILES string of the molecule is CC(C)(C)OC1=NOCC(CO)O1. The van der Waals surface area contributed by atoms with Crippen LogP contribution in [0.4, 0.5) is 0 Å². The molecule has 0 saturated carbocycles. The quantitative estimate of drug-likeness (QED) is 0.651. The van der Waals surface area contributed by atoms with Crippen molar-refractivity contribution in [2.75, 3.05) is 13.2 Å². The number of aliphatic hydroxyl groups excluding tert-OH is 1. The summed E-state index contributed by atoms with van der Waals surface area (Å²) in [5.74, 6) is 0. The van der Waals surface area contributed by atoms with Crippen molar-refractivity contribution in [1.29, 1.82) is 0 Å². The van der Waals surface area contributed by atoms with Gasteiger partial charge in [0.15, 0.2) is 12.7 Å². The van der Waals surface area contributed by atoms with Crippen molar-refractivity contribution >= 4 is 6.08 Å². The smallest absolute Gasteiger partial charge is 0.423 e. The van der Waals surface area contributed by atoms with Crippen LogP contribution in [-0.2, 0) is 14.3 Å². The third-order valence-corrected chi connectivity index (χ3v) is 1.26. The number of hydrogen-bond acceptors (Lipinski definition) is 5. The number of ether oxygens (including phenoxy) is 2. The van der Waals surface area contributed by atoms with Gasteiger partial charge in [-0.15, -0.1) is 0 Å². The van der Waals surface area contributed by atoms with Gasteiger partial charge in [0.25, 0.3) is 0 Å². The van der Waals surface area contributed by atoms with E-state index in [1.54, 1.807) is 0 Å². The van der Waals surface area contributed by atoms with E-state index >= 15 is 0 Å². The highest BCUT2D eigenvalue weighted by atomic mass is 16.8. The third kappa shape index (κ3) is 3.50. The molecule has 0 aromatic carbocycles. The molecule has 13 heavy (non-hydrogen) atoms. The molecule has 76 valence electrons. The fourth-order valence-corrected chi connectivity index (χ4v) is 0.766. The molecule has 1 aliphatic heterocycles. The lowest BCUT2D eigenvalue weighted by Gasteiger charge is -2.26. The Kier molecular flexibility index (Phi) is 2.98. The Morgan fingerprint density at radius 2 is 2.31 bits per heavy atom. The van der Waals surface area contributed by atoms with Gasteiger partial charge in [-0.1, -0.05) is 0 Å². The van der Waals surface area contributed by atoms with E-state index in [2.05, 4.69) is 5.16 Å². The van der Waals surface area contributed by atoms with Gasteiger partial charge in [-0.05, 0) is 25.9 Å². The van der Waals surface area contributed by atoms with E-state index in [0.717, 1.165) is 0 Å². The van der Waals surface area contributed by atoms with Gasteiger partial charge < -0.3 is 19.4 Å². The predicted molar refractivity (Wildman–Crippen MR) is 46.2 cm³/mol. The summed E-state index contributed by atoms with van der Waals surface area (Å²) in [5.41, 5.74) is -0.375. The third-order valence-electron chi connectivity index (χ3n) is 1.26. The minimum atomic E-state index is -0.380. The van der Waals surface area contributed by atoms with Crippen molar-refractivity contribution in [1.82, 2.24) is 0 Å². The van der Waals surface area contributed by atoms with Crippen molar-refractivity contribution in [2.45, 2.75) is 32.5 Å². The number of nitrogens with zero attached hydrogens (tertiary/aromatic N) is 1. The zero-order chi connectivity index (χ0) is 9.90. The summed E-state index contributed by atoms with van der Waals surface area (Å²) in [6.07, 6.45) is -0.298. The monoisotopic (exact) mass is 189 g/mol. The Labute approximate surface area is 77.3 Å². The first kappa shape index (κ1) is 10.1. The predicted octanol–water partition coefficient (Wildman–Crippen LogP) is 0.480. The van der Waals surface area contributed by atoms with Gasteiger partial charge in [-0.2, -0.15) is 0 Å². The Morgan fingerprint density at radius 1 is 1.62 bits per heavy atom. The Hall–Kier alpha value is -0.970. The average molecular weight is 189 g/mol. The van der Waals surface area contributed by atoms with Crippen LogP contribution < -0.4 is 0 Å². The molecule has 1 N–H and O–H groups in total. The molecule has 1 rings (SSSR count). The molecular formula is C8H15NO4. The normalized spacial score (nSPS) is 22.8. The van der Waals surface area contributed by atoms with Crippen LogP contribution in [0.25, 0.3) is 0 Å². The number of hydrogen-bond donors (Lipinski definition) is 1. The molecule has 0 amide bonds. The summed E-state index contributed by atoms with van der Waals surface area (Å²) in [6, 6.07) is 0. The second-order valence-corrected chi connectivity index (χ2v) is 3.79.